The fourth-order valence-electron chi connectivity index (χ4n) is 6.87. The maximum Gasteiger partial charge on any atom is 0.552 e. The van der Waals surface area contributed by atoms with E-state index in [0.717, 1.165) is 83.8 Å². The van der Waals surface area contributed by atoms with E-state index in [0.29, 0.717) is 30.5 Å². The Morgan fingerprint density at radius 1 is 0.796 bits per heavy atom. The van der Waals surface area contributed by atoms with Crippen LogP contribution in [-0.2, 0) is 19.1 Å². The lowest BCUT2D eigenvalue weighted by molar-refractivity contribution is 0.312. The van der Waals surface area contributed by atoms with Crippen molar-refractivity contribution in [2.75, 3.05) is 38.7 Å². The molecule has 0 unspecified atom stereocenters. The highest BCUT2D eigenvalue weighted by molar-refractivity contribution is 8.13. The average molecular weight is 731 g/mol. The summed E-state index contributed by atoms with van der Waals surface area (Å²) in [6.07, 6.45) is 12.8. The summed E-state index contributed by atoms with van der Waals surface area (Å²) in [6.45, 7) is 3.04. The number of H-pyrrole nitrogens is 2. The molecule has 0 saturated carbocycles. The van der Waals surface area contributed by atoms with Crippen LogP contribution in [0.2, 0.25) is 0 Å². The van der Waals surface area contributed by atoms with Crippen LogP contribution < -0.4 is 14.6 Å². The van der Waals surface area contributed by atoms with Crippen molar-refractivity contribution in [2.24, 2.45) is 11.8 Å². The summed E-state index contributed by atoms with van der Waals surface area (Å²) in [5.41, 5.74) is 5.89. The molecular formula is C30H37B2ClN6O8S2. The zero-order valence-electron chi connectivity index (χ0n) is 27.0. The molecule has 4 aliphatic heterocycles. The zero-order chi connectivity index (χ0) is 34.9. The first-order chi connectivity index (χ1) is 23.3. The average Bonchev–Trinajstić information content (AvgIpc) is 3.73. The van der Waals surface area contributed by atoms with Crippen molar-refractivity contribution in [3.8, 4) is 11.5 Å². The number of hydrogen-bond donors (Lipinski definition) is 5. The summed E-state index contributed by atoms with van der Waals surface area (Å²) in [6, 6.07) is 3.97. The van der Waals surface area contributed by atoms with Crippen LogP contribution in [0, 0.1) is 11.8 Å². The normalized spacial score (nSPS) is 19.0. The second-order valence-electron chi connectivity index (χ2n) is 12.4. The molecule has 8 rings (SSSR count). The number of sulfonamides is 1. The van der Waals surface area contributed by atoms with E-state index in [9.17, 15) is 26.9 Å². The summed E-state index contributed by atoms with van der Waals surface area (Å²) < 4.78 is 54.7. The molecule has 19 heteroatoms. The lowest BCUT2D eigenvalue weighted by Crippen LogP contribution is -2.38. The summed E-state index contributed by atoms with van der Waals surface area (Å²) in [5.74, 6) is 5.48. The molecule has 4 aromatic heterocycles. The SMILES string of the molecule is CS(=O)(=O)Cl.CS(=O)(=O)N1CCC(C2=CB(O)Oc3cnc4[nH]ccc4c32)CC1.OB1C=C(C2CCNCC2)c2c(cnc3[nH]ccc23)O1. The van der Waals surface area contributed by atoms with Crippen LogP contribution in [0.3, 0.4) is 0 Å². The van der Waals surface area contributed by atoms with Crippen molar-refractivity contribution in [1.29, 1.82) is 0 Å². The Labute approximate surface area is 289 Å². The minimum Gasteiger partial charge on any atom is -0.531 e. The van der Waals surface area contributed by atoms with Gasteiger partial charge in [0.05, 0.1) is 24.9 Å². The molecule has 0 amide bonds. The number of nitrogens with zero attached hydrogens (tertiary/aromatic N) is 3. The molecule has 2 fully saturated rings. The molecule has 49 heavy (non-hydrogen) atoms. The van der Waals surface area contributed by atoms with E-state index in [-0.39, 0.29) is 5.92 Å². The van der Waals surface area contributed by atoms with Crippen molar-refractivity contribution in [3.05, 3.63) is 60.0 Å². The van der Waals surface area contributed by atoms with Gasteiger partial charge in [0.2, 0.25) is 19.1 Å². The molecular weight excluding hydrogens is 694 g/mol. The van der Waals surface area contributed by atoms with Crippen LogP contribution in [0.4, 0.5) is 0 Å². The van der Waals surface area contributed by atoms with Crippen molar-refractivity contribution in [1.82, 2.24) is 29.6 Å². The molecule has 0 aromatic carbocycles. The van der Waals surface area contributed by atoms with Crippen LogP contribution in [0.1, 0.15) is 36.8 Å². The number of piperidine rings is 2. The number of pyridine rings is 2. The molecule has 0 radical (unpaired) electrons. The molecule has 0 atom stereocenters. The summed E-state index contributed by atoms with van der Waals surface area (Å²) in [4.78, 5) is 14.9. The first-order valence-electron chi connectivity index (χ1n) is 15.9. The van der Waals surface area contributed by atoms with Gasteiger partial charge in [-0.15, -0.1) is 0 Å². The minimum atomic E-state index is -3.19. The van der Waals surface area contributed by atoms with Gasteiger partial charge in [0.1, 0.15) is 22.8 Å². The third-order valence-corrected chi connectivity index (χ3v) is 10.3. The first-order valence-corrected chi connectivity index (χ1v) is 20.4. The number of nitrogens with one attached hydrogen (secondary N) is 3. The third kappa shape index (κ3) is 8.33. The van der Waals surface area contributed by atoms with Crippen molar-refractivity contribution in [3.63, 3.8) is 0 Å². The van der Waals surface area contributed by atoms with Gasteiger partial charge in [-0.3, -0.25) is 0 Å². The number of aromatic amines is 2. The lowest BCUT2D eigenvalue weighted by atomic mass is 9.74. The Bertz CT molecular complexity index is 2100. The van der Waals surface area contributed by atoms with Gasteiger partial charge in [0.25, 0.3) is 0 Å². The molecule has 14 nitrogen and oxygen atoms in total. The van der Waals surface area contributed by atoms with Gasteiger partial charge in [0, 0.05) is 58.1 Å². The monoisotopic (exact) mass is 730 g/mol. The molecule has 4 aliphatic rings. The van der Waals surface area contributed by atoms with Gasteiger partial charge in [-0.2, -0.15) is 0 Å². The predicted molar refractivity (Wildman–Crippen MR) is 191 cm³/mol. The van der Waals surface area contributed by atoms with Crippen LogP contribution in [0.15, 0.2) is 48.9 Å². The lowest BCUT2D eigenvalue weighted by Gasteiger charge is -2.33. The van der Waals surface area contributed by atoms with E-state index in [2.05, 4.69) is 35.9 Å². The Morgan fingerprint density at radius 2 is 1.22 bits per heavy atom. The summed E-state index contributed by atoms with van der Waals surface area (Å²) in [5, 5.41) is 25.4. The van der Waals surface area contributed by atoms with E-state index in [4.69, 9.17) is 9.31 Å². The van der Waals surface area contributed by atoms with Gasteiger partial charge < -0.3 is 34.6 Å². The highest BCUT2D eigenvalue weighted by atomic mass is 35.7. The van der Waals surface area contributed by atoms with Crippen molar-refractivity contribution in [2.45, 2.75) is 25.7 Å². The molecule has 5 N–H and O–H groups in total. The number of allylic oxidation sites excluding steroid dienone is 2. The highest BCUT2D eigenvalue weighted by Crippen LogP contribution is 2.43. The topological polar surface area (TPSA) is 200 Å². The van der Waals surface area contributed by atoms with Gasteiger partial charge in [-0.1, -0.05) is 0 Å². The predicted octanol–water partition coefficient (Wildman–Crippen LogP) is 2.57. The Balaban J connectivity index is 0.000000152. The highest BCUT2D eigenvalue weighted by Gasteiger charge is 2.34. The second kappa shape index (κ2) is 14.5. The maximum absolute atomic E-state index is 11.7. The fraction of sp³-hybridized carbons (Fsp3) is 0.400. The van der Waals surface area contributed by atoms with Crippen molar-refractivity contribution >= 4 is 77.2 Å². The number of aromatic nitrogens is 4. The van der Waals surface area contributed by atoms with Crippen LogP contribution >= 0.6 is 10.7 Å². The van der Waals surface area contributed by atoms with E-state index in [1.54, 1.807) is 18.4 Å². The molecule has 2 saturated heterocycles. The fourth-order valence-corrected chi connectivity index (χ4v) is 7.74. The van der Waals surface area contributed by atoms with Gasteiger partial charge in [-0.25, -0.2) is 31.1 Å². The molecule has 260 valence electrons. The van der Waals surface area contributed by atoms with Gasteiger partial charge in [-0.05, 0) is 85.8 Å². The Morgan fingerprint density at radius 3 is 1.65 bits per heavy atom. The van der Waals surface area contributed by atoms with E-state index in [1.807, 2.05) is 30.5 Å². The van der Waals surface area contributed by atoms with Gasteiger partial charge in [0.15, 0.2) is 0 Å². The van der Waals surface area contributed by atoms with Crippen LogP contribution in [0.25, 0.3) is 33.2 Å². The maximum atomic E-state index is 11.7. The smallest absolute Gasteiger partial charge is 0.531 e. The summed E-state index contributed by atoms with van der Waals surface area (Å²) >= 11 is 0. The molecule has 0 bridgehead atoms. The Hall–Kier alpha value is -3.38. The number of halogens is 1. The third-order valence-electron chi connectivity index (χ3n) is 8.96. The molecule has 4 aromatic rings. The van der Waals surface area contributed by atoms with E-state index < -0.39 is 33.3 Å². The van der Waals surface area contributed by atoms with E-state index >= 15 is 0 Å². The van der Waals surface area contributed by atoms with Crippen LogP contribution in [-0.4, -0.2) is 104 Å². The molecule has 8 heterocycles. The van der Waals surface area contributed by atoms with E-state index in [1.165, 1.54) is 16.1 Å². The number of fused-ring (bicyclic) bond motifs is 6. The first kappa shape index (κ1) is 35.4. The minimum absolute atomic E-state index is 0.181. The Kier molecular flexibility index (Phi) is 10.5. The molecule has 0 aliphatic carbocycles. The zero-order valence-corrected chi connectivity index (χ0v) is 29.4. The summed E-state index contributed by atoms with van der Waals surface area (Å²) in [7, 11) is -3.72. The number of hydrogen-bond acceptors (Lipinski definition) is 11. The quantitative estimate of drug-likeness (QED) is 0.153. The van der Waals surface area contributed by atoms with Gasteiger partial charge >= 0.3 is 14.2 Å². The standard InChI is InChI=1S/C15H18BN3O4S.C14H16BN3O2.CH3ClO2S/c1-24(21,22)19-6-3-10(4-7-19)12-8-16(20)23-13-9-18-15-11(14(12)13)2-5-17-15;19-15-7-11(9-1-4-16-5-2-9)13-10-3-6-17-14(10)18-8-12(13)20-15;1-5(2,3)4/h2,5,8-10,20H,3-4,6-7H2,1H3,(H,17,18);3,6-9,16,19H,1-2,4-5H2,(H,17,18);1H3. The number of rotatable bonds is 3. The molecule has 0 spiro atoms. The largest absolute Gasteiger partial charge is 0.552 e. The van der Waals surface area contributed by atoms with Crippen LogP contribution in [0.5, 0.6) is 11.5 Å². The second-order valence-corrected chi connectivity index (χ2v) is 17.4. The van der Waals surface area contributed by atoms with Crippen molar-refractivity contribution < 1.29 is 36.2 Å².